The molecule has 2 aliphatic heterocycles. The Balaban J connectivity index is 2.07. The number of amides is 3. The van der Waals surface area contributed by atoms with Crippen LogP contribution in [0.5, 0.6) is 0 Å². The lowest BCUT2D eigenvalue weighted by molar-refractivity contribution is -0.144. The van der Waals surface area contributed by atoms with Gasteiger partial charge in [0.15, 0.2) is 0 Å². The Morgan fingerprint density at radius 3 is 2.68 bits per heavy atom. The van der Waals surface area contributed by atoms with Crippen LogP contribution in [-0.4, -0.2) is 60.5 Å². The molecule has 6 heteroatoms. The molecule has 2 fully saturated rings. The van der Waals surface area contributed by atoms with Crippen molar-refractivity contribution in [2.45, 2.75) is 32.7 Å². The molecule has 2 heterocycles. The third-order valence-corrected chi connectivity index (χ3v) is 4.72. The number of carbonyl (C=O) groups excluding carboxylic acids is 2. The van der Waals surface area contributed by atoms with Gasteiger partial charge in [-0.2, -0.15) is 0 Å². The second-order valence-corrected chi connectivity index (χ2v) is 5.48. The van der Waals surface area contributed by atoms with Gasteiger partial charge in [-0.3, -0.25) is 4.79 Å². The Hall–Kier alpha value is -1.30. The quantitative estimate of drug-likeness (QED) is 0.752. The summed E-state index contributed by atoms with van der Waals surface area (Å²) in [5.41, 5.74) is 5.41. The van der Waals surface area contributed by atoms with Gasteiger partial charge in [0.25, 0.3) is 0 Å². The molecule has 108 valence electrons. The summed E-state index contributed by atoms with van der Waals surface area (Å²) in [6.07, 6.45) is 1.53. The molecule has 2 saturated heterocycles. The minimum Gasteiger partial charge on any atom is -0.338 e. The first kappa shape index (κ1) is 14.1. The first-order valence-electron chi connectivity index (χ1n) is 7.12. The Kier molecular flexibility index (Phi) is 3.99. The third kappa shape index (κ3) is 2.29. The molecule has 3 N–H and O–H groups in total. The van der Waals surface area contributed by atoms with Crippen LogP contribution in [0.25, 0.3) is 0 Å². The summed E-state index contributed by atoms with van der Waals surface area (Å²) in [5, 5.41) is 2.83. The van der Waals surface area contributed by atoms with Crippen molar-refractivity contribution >= 4 is 11.9 Å². The summed E-state index contributed by atoms with van der Waals surface area (Å²) in [7, 11) is 0. The van der Waals surface area contributed by atoms with Crippen LogP contribution in [0.2, 0.25) is 0 Å². The van der Waals surface area contributed by atoms with Crippen LogP contribution < -0.4 is 11.1 Å². The number of piperazine rings is 1. The molecule has 0 aromatic rings. The van der Waals surface area contributed by atoms with Gasteiger partial charge in [-0.1, -0.05) is 13.8 Å². The number of nitrogens with one attached hydrogen (secondary N) is 1. The lowest BCUT2D eigenvalue weighted by Crippen LogP contribution is -2.58. The van der Waals surface area contributed by atoms with Gasteiger partial charge in [0.2, 0.25) is 5.91 Å². The summed E-state index contributed by atoms with van der Waals surface area (Å²) in [6, 6.07) is 0.113. The van der Waals surface area contributed by atoms with E-state index in [0.29, 0.717) is 32.7 Å². The zero-order valence-corrected chi connectivity index (χ0v) is 11.8. The summed E-state index contributed by atoms with van der Waals surface area (Å²) in [5.74, 6) is 0.152. The van der Waals surface area contributed by atoms with Gasteiger partial charge in [-0.25, -0.2) is 4.79 Å². The number of urea groups is 1. The minimum absolute atomic E-state index is 0.00632. The topological polar surface area (TPSA) is 78.7 Å². The van der Waals surface area contributed by atoms with Gasteiger partial charge < -0.3 is 20.9 Å². The van der Waals surface area contributed by atoms with Crippen molar-refractivity contribution in [2.24, 2.45) is 11.1 Å². The van der Waals surface area contributed by atoms with E-state index in [9.17, 15) is 9.59 Å². The molecule has 19 heavy (non-hydrogen) atoms. The molecule has 1 unspecified atom stereocenters. The molecule has 0 bridgehead atoms. The van der Waals surface area contributed by atoms with Crippen LogP contribution in [0.15, 0.2) is 0 Å². The van der Waals surface area contributed by atoms with E-state index >= 15 is 0 Å². The molecule has 2 rings (SSSR count). The summed E-state index contributed by atoms with van der Waals surface area (Å²) >= 11 is 0. The third-order valence-electron chi connectivity index (χ3n) is 4.72. The molecular formula is C13H24N4O2. The predicted molar refractivity (Wildman–Crippen MR) is 72.5 cm³/mol. The van der Waals surface area contributed by atoms with Crippen molar-refractivity contribution in [3.8, 4) is 0 Å². The molecule has 0 saturated carbocycles. The predicted octanol–water partition coefficient (Wildman–Crippen LogP) is -0.0125. The first-order valence-corrected chi connectivity index (χ1v) is 7.12. The van der Waals surface area contributed by atoms with Crippen LogP contribution in [0.1, 0.15) is 26.7 Å². The first-order chi connectivity index (χ1) is 9.07. The average molecular weight is 268 g/mol. The molecule has 0 spiro atoms. The number of hydrogen-bond donors (Lipinski definition) is 2. The van der Waals surface area contributed by atoms with E-state index < -0.39 is 5.41 Å². The van der Waals surface area contributed by atoms with Gasteiger partial charge in [0.05, 0.1) is 11.5 Å². The van der Waals surface area contributed by atoms with E-state index in [1.807, 2.05) is 23.6 Å². The SMILES string of the molecule is CCC(CC)(CN)C(=O)N1CCN2C(=O)NCC2C1. The lowest BCUT2D eigenvalue weighted by Gasteiger charge is -2.41. The largest absolute Gasteiger partial charge is 0.338 e. The van der Waals surface area contributed by atoms with Crippen LogP contribution in [-0.2, 0) is 4.79 Å². The lowest BCUT2D eigenvalue weighted by atomic mass is 9.80. The van der Waals surface area contributed by atoms with E-state index in [2.05, 4.69) is 5.32 Å². The fourth-order valence-corrected chi connectivity index (χ4v) is 3.05. The molecule has 0 radical (unpaired) electrons. The molecular weight excluding hydrogens is 244 g/mol. The van der Waals surface area contributed by atoms with E-state index in [4.69, 9.17) is 5.73 Å². The second kappa shape index (κ2) is 5.36. The Morgan fingerprint density at radius 1 is 1.42 bits per heavy atom. The monoisotopic (exact) mass is 268 g/mol. The zero-order valence-electron chi connectivity index (χ0n) is 11.8. The number of fused-ring (bicyclic) bond motifs is 1. The Bertz CT molecular complexity index is 359. The standard InChI is InChI=1S/C13H24N4O2/c1-3-13(4-2,9-14)11(18)16-5-6-17-10(8-16)7-15-12(17)19/h10H,3-9,14H2,1-2H3,(H,15,19). The molecule has 6 nitrogen and oxygen atoms in total. The molecule has 0 aromatic carbocycles. The second-order valence-electron chi connectivity index (χ2n) is 5.48. The van der Waals surface area contributed by atoms with Gasteiger partial charge >= 0.3 is 6.03 Å². The van der Waals surface area contributed by atoms with Crippen molar-refractivity contribution in [2.75, 3.05) is 32.7 Å². The number of carbonyl (C=O) groups is 2. The highest BCUT2D eigenvalue weighted by molar-refractivity contribution is 5.84. The normalized spacial score (nSPS) is 23.3. The Labute approximate surface area is 114 Å². The highest BCUT2D eigenvalue weighted by Gasteiger charge is 2.42. The fourth-order valence-electron chi connectivity index (χ4n) is 3.05. The summed E-state index contributed by atoms with van der Waals surface area (Å²) in [6.45, 7) is 6.92. The van der Waals surface area contributed by atoms with Crippen molar-refractivity contribution in [3.05, 3.63) is 0 Å². The van der Waals surface area contributed by atoms with Gasteiger partial charge in [0, 0.05) is 32.7 Å². The highest BCUT2D eigenvalue weighted by Crippen LogP contribution is 2.29. The number of rotatable bonds is 4. The van der Waals surface area contributed by atoms with E-state index in [1.165, 1.54) is 0 Å². The van der Waals surface area contributed by atoms with Crippen LogP contribution in [0.4, 0.5) is 4.79 Å². The fraction of sp³-hybridized carbons (Fsp3) is 0.846. The van der Waals surface area contributed by atoms with Gasteiger partial charge in [0.1, 0.15) is 0 Å². The van der Waals surface area contributed by atoms with Crippen molar-refractivity contribution in [3.63, 3.8) is 0 Å². The number of nitrogens with zero attached hydrogens (tertiary/aromatic N) is 2. The molecule has 2 aliphatic rings. The average Bonchev–Trinajstić information content (AvgIpc) is 2.82. The Morgan fingerprint density at radius 2 is 2.11 bits per heavy atom. The molecule has 0 aliphatic carbocycles. The molecule has 0 aromatic heterocycles. The van der Waals surface area contributed by atoms with Crippen molar-refractivity contribution in [1.82, 2.24) is 15.1 Å². The zero-order chi connectivity index (χ0) is 14.0. The highest BCUT2D eigenvalue weighted by atomic mass is 16.2. The maximum Gasteiger partial charge on any atom is 0.317 e. The maximum absolute atomic E-state index is 12.7. The molecule has 1 atom stereocenters. The van der Waals surface area contributed by atoms with Crippen LogP contribution >= 0.6 is 0 Å². The van der Waals surface area contributed by atoms with Crippen LogP contribution in [0.3, 0.4) is 0 Å². The van der Waals surface area contributed by atoms with Crippen molar-refractivity contribution in [1.29, 1.82) is 0 Å². The van der Waals surface area contributed by atoms with Gasteiger partial charge in [-0.05, 0) is 12.8 Å². The van der Waals surface area contributed by atoms with E-state index in [1.54, 1.807) is 0 Å². The minimum atomic E-state index is -0.432. The van der Waals surface area contributed by atoms with Crippen molar-refractivity contribution < 1.29 is 9.59 Å². The van der Waals surface area contributed by atoms with E-state index in [0.717, 1.165) is 12.8 Å². The van der Waals surface area contributed by atoms with E-state index in [-0.39, 0.29) is 18.0 Å². The van der Waals surface area contributed by atoms with Crippen LogP contribution in [0, 0.1) is 5.41 Å². The smallest absolute Gasteiger partial charge is 0.317 e. The number of hydrogen-bond acceptors (Lipinski definition) is 3. The summed E-state index contributed by atoms with van der Waals surface area (Å²) in [4.78, 5) is 28.0. The van der Waals surface area contributed by atoms with Gasteiger partial charge in [-0.15, -0.1) is 0 Å². The molecule has 3 amide bonds. The maximum atomic E-state index is 12.7. The summed E-state index contributed by atoms with van der Waals surface area (Å²) < 4.78 is 0. The number of nitrogens with two attached hydrogens (primary N) is 1.